The van der Waals surface area contributed by atoms with E-state index in [0.29, 0.717) is 11.3 Å². The van der Waals surface area contributed by atoms with Crippen LogP contribution >= 0.6 is 0 Å². The minimum absolute atomic E-state index is 0.0885. The van der Waals surface area contributed by atoms with Gasteiger partial charge in [0.2, 0.25) is 5.91 Å². The molecule has 0 spiro atoms. The highest BCUT2D eigenvalue weighted by molar-refractivity contribution is 6.00. The molecule has 144 valence electrons. The van der Waals surface area contributed by atoms with Gasteiger partial charge in [-0.2, -0.15) is 0 Å². The predicted octanol–water partition coefficient (Wildman–Crippen LogP) is 4.31. The number of methoxy groups -OCH3 is 1. The zero-order chi connectivity index (χ0) is 20.0. The summed E-state index contributed by atoms with van der Waals surface area (Å²) in [7, 11) is 1.57. The Bertz CT molecular complexity index is 769. The molecular weight excluding hydrogens is 340 g/mol. The first-order valence-electron chi connectivity index (χ1n) is 9.18. The van der Waals surface area contributed by atoms with E-state index >= 15 is 0 Å². The maximum Gasteiger partial charge on any atom is 0.251 e. The zero-order valence-corrected chi connectivity index (χ0v) is 16.6. The Morgan fingerprint density at radius 2 is 1.48 bits per heavy atom. The summed E-state index contributed by atoms with van der Waals surface area (Å²) in [5.41, 5.74) is 3.52. The van der Waals surface area contributed by atoms with E-state index in [1.165, 1.54) is 0 Å². The van der Waals surface area contributed by atoms with Crippen molar-refractivity contribution < 1.29 is 14.3 Å². The molecule has 0 aliphatic carbocycles. The van der Waals surface area contributed by atoms with Gasteiger partial charge >= 0.3 is 0 Å². The van der Waals surface area contributed by atoms with Gasteiger partial charge in [0.15, 0.2) is 0 Å². The molecule has 0 aliphatic heterocycles. The molecule has 2 amide bonds. The van der Waals surface area contributed by atoms with Crippen LogP contribution in [0.1, 0.15) is 61.0 Å². The molecule has 5 nitrogen and oxygen atoms in total. The van der Waals surface area contributed by atoms with Crippen LogP contribution in [-0.2, 0) is 4.79 Å². The number of nitrogens with one attached hydrogen (secondary N) is 2. The van der Waals surface area contributed by atoms with E-state index in [1.54, 1.807) is 31.4 Å². The van der Waals surface area contributed by atoms with Crippen LogP contribution in [0.15, 0.2) is 42.5 Å². The van der Waals surface area contributed by atoms with E-state index in [1.807, 2.05) is 18.2 Å². The van der Waals surface area contributed by atoms with E-state index in [0.717, 1.165) is 16.8 Å². The molecule has 0 bridgehead atoms. The molecule has 0 heterocycles. The Morgan fingerprint density at radius 1 is 0.926 bits per heavy atom. The largest absolute Gasteiger partial charge is 0.497 e. The second-order valence-corrected chi connectivity index (χ2v) is 7.08. The molecule has 0 aliphatic rings. The lowest BCUT2D eigenvalue weighted by atomic mass is 9.92. The van der Waals surface area contributed by atoms with Crippen LogP contribution < -0.4 is 15.4 Å². The average Bonchev–Trinajstić information content (AvgIpc) is 2.65. The minimum atomic E-state index is -0.297. The maximum atomic E-state index is 12.5. The molecule has 0 saturated carbocycles. The fourth-order valence-electron chi connectivity index (χ4n) is 2.88. The number of hydrogen-bond donors (Lipinski definition) is 2. The van der Waals surface area contributed by atoms with Gasteiger partial charge in [-0.1, -0.05) is 45.9 Å². The lowest BCUT2D eigenvalue weighted by Crippen LogP contribution is -2.33. The molecule has 0 aromatic heterocycles. The quantitative estimate of drug-likeness (QED) is 0.765. The van der Waals surface area contributed by atoms with Gasteiger partial charge in [-0.15, -0.1) is 0 Å². The summed E-state index contributed by atoms with van der Waals surface area (Å²) < 4.78 is 5.08. The number of anilines is 1. The van der Waals surface area contributed by atoms with Gasteiger partial charge in [-0.25, -0.2) is 0 Å². The molecule has 0 fully saturated rings. The predicted molar refractivity (Wildman–Crippen MR) is 109 cm³/mol. The molecule has 2 aromatic carbocycles. The summed E-state index contributed by atoms with van der Waals surface area (Å²) in [6.45, 7) is 8.30. The minimum Gasteiger partial charge on any atom is -0.497 e. The fourth-order valence-corrected chi connectivity index (χ4v) is 2.88. The number of rotatable bonds is 7. The third-order valence-electron chi connectivity index (χ3n) is 4.40. The van der Waals surface area contributed by atoms with E-state index < -0.39 is 0 Å². The van der Waals surface area contributed by atoms with Gasteiger partial charge in [0.05, 0.1) is 13.7 Å². The van der Waals surface area contributed by atoms with Gasteiger partial charge < -0.3 is 15.4 Å². The Labute approximate surface area is 161 Å². The molecule has 2 N–H and O–H groups in total. The van der Waals surface area contributed by atoms with Crippen molar-refractivity contribution in [2.24, 2.45) is 0 Å². The summed E-state index contributed by atoms with van der Waals surface area (Å²) in [5, 5.41) is 5.66. The average molecular weight is 368 g/mol. The van der Waals surface area contributed by atoms with Crippen LogP contribution in [0.25, 0.3) is 0 Å². The fraction of sp³-hybridized carbons (Fsp3) is 0.364. The highest BCUT2D eigenvalue weighted by Crippen LogP contribution is 2.32. The van der Waals surface area contributed by atoms with E-state index in [2.05, 4.69) is 38.3 Å². The van der Waals surface area contributed by atoms with Gasteiger partial charge in [0.1, 0.15) is 5.75 Å². The number of hydrogen-bond acceptors (Lipinski definition) is 3. The van der Waals surface area contributed by atoms with Crippen molar-refractivity contribution >= 4 is 17.5 Å². The van der Waals surface area contributed by atoms with Crippen molar-refractivity contribution in [1.82, 2.24) is 5.32 Å². The maximum absolute atomic E-state index is 12.5. The molecule has 5 heteroatoms. The molecule has 2 rings (SSSR count). The highest BCUT2D eigenvalue weighted by atomic mass is 16.5. The number of carbonyl (C=O) groups is 2. The first-order chi connectivity index (χ1) is 12.8. The second-order valence-electron chi connectivity index (χ2n) is 7.08. The van der Waals surface area contributed by atoms with E-state index in [9.17, 15) is 9.59 Å². The number of benzene rings is 2. The summed E-state index contributed by atoms with van der Waals surface area (Å²) >= 11 is 0. The third kappa shape index (κ3) is 5.33. The Balaban J connectivity index is 2.06. The van der Waals surface area contributed by atoms with Crippen molar-refractivity contribution in [2.75, 3.05) is 19.0 Å². The molecular formula is C22H28N2O3. The standard InChI is InChI=1S/C22H28N2O3/c1-14(2)18-7-6-8-19(15(3)4)21(18)24-20(25)13-23-22(26)16-9-11-17(27-5)12-10-16/h6-12,14-15H,13H2,1-5H3,(H,23,26)(H,24,25). The van der Waals surface area contributed by atoms with E-state index in [-0.39, 0.29) is 30.2 Å². The van der Waals surface area contributed by atoms with Gasteiger partial charge in [-0.05, 0) is 47.2 Å². The van der Waals surface area contributed by atoms with Crippen molar-refractivity contribution in [3.05, 3.63) is 59.2 Å². The van der Waals surface area contributed by atoms with Crippen LogP contribution in [0, 0.1) is 0 Å². The van der Waals surface area contributed by atoms with E-state index in [4.69, 9.17) is 4.74 Å². The smallest absolute Gasteiger partial charge is 0.251 e. The van der Waals surface area contributed by atoms with Gasteiger partial charge in [0, 0.05) is 11.3 Å². The number of carbonyl (C=O) groups excluding carboxylic acids is 2. The van der Waals surface area contributed by atoms with Crippen LogP contribution in [0.3, 0.4) is 0 Å². The van der Waals surface area contributed by atoms with Crippen molar-refractivity contribution in [2.45, 2.75) is 39.5 Å². The topological polar surface area (TPSA) is 67.4 Å². The zero-order valence-electron chi connectivity index (χ0n) is 16.6. The third-order valence-corrected chi connectivity index (χ3v) is 4.40. The normalized spacial score (nSPS) is 10.8. The van der Waals surface area contributed by atoms with Crippen LogP contribution in [-0.4, -0.2) is 25.5 Å². The first-order valence-corrected chi connectivity index (χ1v) is 9.18. The first kappa shape index (κ1) is 20.5. The number of ether oxygens (including phenoxy) is 1. The molecule has 0 saturated heterocycles. The van der Waals surface area contributed by atoms with Crippen molar-refractivity contribution in [3.8, 4) is 5.75 Å². The molecule has 27 heavy (non-hydrogen) atoms. The van der Waals surface area contributed by atoms with Crippen molar-refractivity contribution in [1.29, 1.82) is 0 Å². The molecule has 0 unspecified atom stereocenters. The Morgan fingerprint density at radius 3 is 1.96 bits per heavy atom. The van der Waals surface area contributed by atoms with Crippen LogP contribution in [0.2, 0.25) is 0 Å². The highest BCUT2D eigenvalue weighted by Gasteiger charge is 2.16. The Kier molecular flexibility index (Phi) is 6.99. The van der Waals surface area contributed by atoms with Gasteiger partial charge in [0.25, 0.3) is 5.91 Å². The molecule has 2 aromatic rings. The molecule has 0 radical (unpaired) electrons. The van der Waals surface area contributed by atoms with Crippen LogP contribution in [0.4, 0.5) is 5.69 Å². The van der Waals surface area contributed by atoms with Gasteiger partial charge in [-0.3, -0.25) is 9.59 Å². The second kappa shape index (κ2) is 9.21. The summed E-state index contributed by atoms with van der Waals surface area (Å²) in [5.74, 6) is 0.706. The summed E-state index contributed by atoms with van der Waals surface area (Å²) in [6.07, 6.45) is 0. The monoisotopic (exact) mass is 368 g/mol. The lowest BCUT2D eigenvalue weighted by Gasteiger charge is -2.20. The lowest BCUT2D eigenvalue weighted by molar-refractivity contribution is -0.115. The molecule has 0 atom stereocenters. The summed E-state index contributed by atoms with van der Waals surface area (Å²) in [4.78, 5) is 24.7. The summed E-state index contributed by atoms with van der Waals surface area (Å²) in [6, 6.07) is 12.8. The van der Waals surface area contributed by atoms with Crippen LogP contribution in [0.5, 0.6) is 5.75 Å². The Hall–Kier alpha value is -2.82. The SMILES string of the molecule is COc1ccc(C(=O)NCC(=O)Nc2c(C(C)C)cccc2C(C)C)cc1. The number of para-hydroxylation sites is 1. The van der Waals surface area contributed by atoms with Crippen molar-refractivity contribution in [3.63, 3.8) is 0 Å². The number of amides is 2.